The van der Waals surface area contributed by atoms with Crippen molar-refractivity contribution in [3.05, 3.63) is 76.9 Å². The number of benzene rings is 2. The number of amides is 1. The van der Waals surface area contributed by atoms with E-state index in [4.69, 9.17) is 16.1 Å². The van der Waals surface area contributed by atoms with Crippen molar-refractivity contribution in [2.24, 2.45) is 0 Å². The molecular formula is C22H22ClN3O2. The molecule has 0 spiro atoms. The highest BCUT2D eigenvalue weighted by molar-refractivity contribution is 6.30. The van der Waals surface area contributed by atoms with Crippen LogP contribution in [-0.4, -0.2) is 35.6 Å². The molecule has 1 fully saturated rings. The lowest BCUT2D eigenvalue weighted by Gasteiger charge is -2.28. The van der Waals surface area contributed by atoms with Gasteiger partial charge < -0.3 is 9.84 Å². The Morgan fingerprint density at radius 1 is 1.11 bits per heavy atom. The molecule has 0 bridgehead atoms. The van der Waals surface area contributed by atoms with Crippen molar-refractivity contribution in [2.45, 2.75) is 18.9 Å². The number of nitrogens with one attached hydrogen (secondary N) is 1. The maximum atomic E-state index is 12.6. The quantitative estimate of drug-likeness (QED) is 0.664. The second-order valence-electron chi connectivity index (χ2n) is 6.96. The third kappa shape index (κ3) is 4.26. The number of aromatic nitrogens is 1. The zero-order chi connectivity index (χ0) is 19.3. The molecule has 0 aliphatic carbocycles. The normalized spacial score (nSPS) is 15.5. The predicted octanol–water partition coefficient (Wildman–Crippen LogP) is 4.56. The summed E-state index contributed by atoms with van der Waals surface area (Å²) in [4.78, 5) is 15.0. The molecule has 1 aliphatic rings. The van der Waals surface area contributed by atoms with Gasteiger partial charge in [0.1, 0.15) is 0 Å². The van der Waals surface area contributed by atoms with Gasteiger partial charge in [-0.25, -0.2) is 0 Å². The third-order valence-electron chi connectivity index (χ3n) is 5.09. The molecule has 5 nitrogen and oxygen atoms in total. The smallest absolute Gasteiger partial charge is 0.273 e. The van der Waals surface area contributed by atoms with E-state index < -0.39 is 0 Å². The topological polar surface area (TPSA) is 58.4 Å². The molecule has 1 aromatic heterocycles. The van der Waals surface area contributed by atoms with Crippen molar-refractivity contribution in [3.8, 4) is 11.3 Å². The Labute approximate surface area is 169 Å². The molecule has 0 unspecified atom stereocenters. The minimum Gasteiger partial charge on any atom is -0.355 e. The predicted molar refractivity (Wildman–Crippen MR) is 109 cm³/mol. The van der Waals surface area contributed by atoms with Crippen LogP contribution in [0, 0.1) is 0 Å². The van der Waals surface area contributed by atoms with Gasteiger partial charge in [0, 0.05) is 23.2 Å². The molecule has 6 heteroatoms. The Morgan fingerprint density at radius 3 is 2.54 bits per heavy atom. The molecule has 1 N–H and O–H groups in total. The Hall–Kier alpha value is -2.63. The van der Waals surface area contributed by atoms with Crippen molar-refractivity contribution in [1.82, 2.24) is 15.4 Å². The average molecular weight is 396 g/mol. The summed E-state index contributed by atoms with van der Waals surface area (Å²) in [5.41, 5.74) is 2.32. The highest BCUT2D eigenvalue weighted by Gasteiger charge is 2.24. The van der Waals surface area contributed by atoms with Crippen LogP contribution in [0.4, 0.5) is 0 Å². The number of carbonyl (C=O) groups is 1. The highest BCUT2D eigenvalue weighted by Crippen LogP contribution is 2.25. The van der Waals surface area contributed by atoms with Gasteiger partial charge in [0.15, 0.2) is 11.5 Å². The van der Waals surface area contributed by atoms with E-state index in [0.717, 1.165) is 18.7 Å². The molecular weight excluding hydrogens is 374 g/mol. The molecule has 3 aromatic rings. The van der Waals surface area contributed by atoms with E-state index in [0.29, 0.717) is 17.3 Å². The summed E-state index contributed by atoms with van der Waals surface area (Å²) >= 11 is 5.92. The van der Waals surface area contributed by atoms with E-state index in [1.165, 1.54) is 18.4 Å². The third-order valence-corrected chi connectivity index (χ3v) is 5.35. The number of rotatable bonds is 6. The Bertz CT molecular complexity index is 918. The van der Waals surface area contributed by atoms with E-state index in [1.54, 1.807) is 18.2 Å². The lowest BCUT2D eigenvalue weighted by atomic mass is 10.1. The van der Waals surface area contributed by atoms with Crippen molar-refractivity contribution in [3.63, 3.8) is 0 Å². The minimum absolute atomic E-state index is 0.162. The Kier molecular flexibility index (Phi) is 5.74. The lowest BCUT2D eigenvalue weighted by Crippen LogP contribution is -2.36. The van der Waals surface area contributed by atoms with Gasteiger partial charge >= 0.3 is 0 Å². The summed E-state index contributed by atoms with van der Waals surface area (Å²) in [5.74, 6) is 0.310. The highest BCUT2D eigenvalue weighted by atomic mass is 35.5. The molecule has 0 saturated carbocycles. The first-order valence-corrected chi connectivity index (χ1v) is 9.88. The first-order valence-electron chi connectivity index (χ1n) is 9.50. The van der Waals surface area contributed by atoms with Crippen molar-refractivity contribution >= 4 is 17.5 Å². The second-order valence-corrected chi connectivity index (χ2v) is 7.40. The zero-order valence-electron chi connectivity index (χ0n) is 15.5. The first-order chi connectivity index (χ1) is 13.7. The van der Waals surface area contributed by atoms with E-state index >= 15 is 0 Å². The SMILES string of the molecule is O=C(NC[C@@H](c1ccccc1)N1CCCC1)c1cc(-c2ccc(Cl)cc2)on1. The molecule has 0 radical (unpaired) electrons. The van der Waals surface area contributed by atoms with Crippen LogP contribution in [-0.2, 0) is 0 Å². The number of nitrogens with zero attached hydrogens (tertiary/aromatic N) is 2. The summed E-state index contributed by atoms with van der Waals surface area (Å²) in [5, 5.41) is 7.60. The van der Waals surface area contributed by atoms with Crippen LogP contribution >= 0.6 is 11.6 Å². The van der Waals surface area contributed by atoms with E-state index in [-0.39, 0.29) is 17.6 Å². The van der Waals surface area contributed by atoms with Crippen molar-refractivity contribution in [1.29, 1.82) is 0 Å². The van der Waals surface area contributed by atoms with Gasteiger partial charge in [-0.05, 0) is 55.8 Å². The van der Waals surface area contributed by atoms with Crippen LogP contribution in [0.25, 0.3) is 11.3 Å². The van der Waals surface area contributed by atoms with Crippen LogP contribution in [0.5, 0.6) is 0 Å². The Balaban J connectivity index is 1.44. The number of carbonyl (C=O) groups excluding carboxylic acids is 1. The van der Waals surface area contributed by atoms with Gasteiger partial charge in [-0.15, -0.1) is 0 Å². The number of hydrogen-bond donors (Lipinski definition) is 1. The molecule has 1 aliphatic heterocycles. The molecule has 2 heterocycles. The fourth-order valence-corrected chi connectivity index (χ4v) is 3.72. The van der Waals surface area contributed by atoms with E-state index in [9.17, 15) is 4.79 Å². The minimum atomic E-state index is -0.232. The summed E-state index contributed by atoms with van der Waals surface area (Å²) in [6, 6.07) is 19.4. The average Bonchev–Trinajstić information content (AvgIpc) is 3.42. The van der Waals surface area contributed by atoms with Gasteiger partial charge in [-0.2, -0.15) is 0 Å². The first kappa shape index (κ1) is 18.7. The van der Waals surface area contributed by atoms with E-state index in [1.807, 2.05) is 30.3 Å². The van der Waals surface area contributed by atoms with Crippen LogP contribution in [0.15, 0.2) is 65.2 Å². The monoisotopic (exact) mass is 395 g/mol. The van der Waals surface area contributed by atoms with Crippen LogP contribution < -0.4 is 5.32 Å². The van der Waals surface area contributed by atoms with Gasteiger partial charge in [0.2, 0.25) is 0 Å². The molecule has 1 saturated heterocycles. The molecule has 28 heavy (non-hydrogen) atoms. The zero-order valence-corrected chi connectivity index (χ0v) is 16.2. The van der Waals surface area contributed by atoms with Gasteiger partial charge in [0.25, 0.3) is 5.91 Å². The van der Waals surface area contributed by atoms with Crippen molar-refractivity contribution in [2.75, 3.05) is 19.6 Å². The summed E-state index contributed by atoms with van der Waals surface area (Å²) in [6.45, 7) is 2.65. The molecule has 1 amide bonds. The molecule has 2 aromatic carbocycles. The number of hydrogen-bond acceptors (Lipinski definition) is 4. The fraction of sp³-hybridized carbons (Fsp3) is 0.273. The van der Waals surface area contributed by atoms with Crippen LogP contribution in [0.3, 0.4) is 0 Å². The van der Waals surface area contributed by atoms with Gasteiger partial charge in [-0.3, -0.25) is 9.69 Å². The maximum Gasteiger partial charge on any atom is 0.273 e. The van der Waals surface area contributed by atoms with Gasteiger partial charge in [-0.1, -0.05) is 47.1 Å². The van der Waals surface area contributed by atoms with Gasteiger partial charge in [0.05, 0.1) is 6.04 Å². The molecule has 1 atom stereocenters. The molecule has 144 valence electrons. The largest absolute Gasteiger partial charge is 0.355 e. The summed E-state index contributed by atoms with van der Waals surface area (Å²) in [7, 11) is 0. The van der Waals surface area contributed by atoms with Crippen LogP contribution in [0.1, 0.15) is 34.9 Å². The fourth-order valence-electron chi connectivity index (χ4n) is 3.60. The standard InChI is InChI=1S/C22H22ClN3O2/c23-18-10-8-17(9-11-18)21-14-19(25-28-21)22(27)24-15-20(26-12-4-5-13-26)16-6-2-1-3-7-16/h1-3,6-11,14,20H,4-5,12-13,15H2,(H,24,27)/t20-/m0/s1. The summed E-state index contributed by atoms with van der Waals surface area (Å²) < 4.78 is 5.34. The lowest BCUT2D eigenvalue weighted by molar-refractivity contribution is 0.0929. The van der Waals surface area contributed by atoms with E-state index in [2.05, 4.69) is 27.5 Å². The van der Waals surface area contributed by atoms with Crippen molar-refractivity contribution < 1.29 is 9.32 Å². The number of likely N-dealkylation sites (tertiary alicyclic amines) is 1. The maximum absolute atomic E-state index is 12.6. The summed E-state index contributed by atoms with van der Waals surface area (Å²) in [6.07, 6.45) is 2.40. The second kappa shape index (κ2) is 8.59. The molecule has 4 rings (SSSR count). The van der Waals surface area contributed by atoms with Crippen LogP contribution in [0.2, 0.25) is 5.02 Å². The Morgan fingerprint density at radius 2 is 1.82 bits per heavy atom. The number of halogens is 1.